The summed E-state index contributed by atoms with van der Waals surface area (Å²) >= 11 is 0. The van der Waals surface area contributed by atoms with E-state index in [1.165, 1.54) is 48.3 Å². The van der Waals surface area contributed by atoms with Crippen LogP contribution in [-0.2, 0) is 4.79 Å². The van der Waals surface area contributed by atoms with Gasteiger partial charge in [0.2, 0.25) is 0 Å². The third-order valence-corrected chi connectivity index (χ3v) is 5.87. The van der Waals surface area contributed by atoms with Crippen molar-refractivity contribution in [2.75, 3.05) is 20.7 Å². The largest absolute Gasteiger partial charge is 0.497 e. The number of non-ortho nitro benzene ring substituents is 1. The third-order valence-electron chi connectivity index (χ3n) is 5.87. The van der Waals surface area contributed by atoms with Gasteiger partial charge >= 0.3 is 0 Å². The zero-order valence-corrected chi connectivity index (χ0v) is 19.6. The molecule has 184 valence electrons. The molecule has 0 aromatic heterocycles. The summed E-state index contributed by atoms with van der Waals surface area (Å²) < 4.78 is 18.5. The van der Waals surface area contributed by atoms with Gasteiger partial charge in [0.1, 0.15) is 18.1 Å². The fraction of sp³-hybridized carbons (Fsp3) is 0.192. The third kappa shape index (κ3) is 5.22. The first-order chi connectivity index (χ1) is 17.3. The van der Waals surface area contributed by atoms with Crippen molar-refractivity contribution >= 4 is 23.2 Å². The summed E-state index contributed by atoms with van der Waals surface area (Å²) in [4.78, 5) is 38.3. The fourth-order valence-corrected chi connectivity index (χ4v) is 3.96. The van der Waals surface area contributed by atoms with E-state index in [0.29, 0.717) is 28.2 Å². The predicted octanol–water partition coefficient (Wildman–Crippen LogP) is 4.19. The van der Waals surface area contributed by atoms with E-state index in [-0.39, 0.29) is 24.6 Å². The van der Waals surface area contributed by atoms with Gasteiger partial charge in [0.25, 0.3) is 17.5 Å². The van der Waals surface area contributed by atoms with Crippen LogP contribution in [0.25, 0.3) is 0 Å². The monoisotopic (exact) mass is 490 g/mol. The number of hydrazone groups is 1. The average Bonchev–Trinajstić information content (AvgIpc) is 3.34. The molecule has 0 radical (unpaired) electrons. The predicted molar refractivity (Wildman–Crippen MR) is 130 cm³/mol. The highest BCUT2D eigenvalue weighted by Crippen LogP contribution is 2.34. The standard InChI is InChI=1S/C26H23FN4O5/c1-29(26(33)18-8-12-22(36-2)13-9-18)16-25(32)30-24(19-4-3-5-21(14-19)31(34)35)15-23(28-30)17-6-10-20(27)11-7-17/h3-14,24H,15-16H2,1-2H3/t24-/m0/s1. The van der Waals surface area contributed by atoms with Crippen LogP contribution in [0.15, 0.2) is 77.9 Å². The molecule has 0 spiro atoms. The van der Waals surface area contributed by atoms with Crippen molar-refractivity contribution < 1.29 is 23.6 Å². The molecule has 3 aromatic carbocycles. The molecule has 0 unspecified atom stereocenters. The first-order valence-electron chi connectivity index (χ1n) is 11.1. The molecule has 0 bridgehead atoms. The Balaban J connectivity index is 1.60. The molecular formula is C26H23FN4O5. The Hall–Kier alpha value is -4.60. The number of methoxy groups -OCH3 is 1. The fourth-order valence-electron chi connectivity index (χ4n) is 3.96. The molecular weight excluding hydrogens is 467 g/mol. The molecule has 1 aliphatic heterocycles. The SMILES string of the molecule is COc1ccc(C(=O)N(C)CC(=O)N2N=C(c3ccc(F)cc3)C[C@H]2c2cccc([N+](=O)[O-])c2)cc1. The first-order valence-corrected chi connectivity index (χ1v) is 11.1. The molecule has 36 heavy (non-hydrogen) atoms. The van der Waals surface area contributed by atoms with Gasteiger partial charge in [-0.15, -0.1) is 0 Å². The van der Waals surface area contributed by atoms with Gasteiger partial charge in [-0.2, -0.15) is 5.10 Å². The topological polar surface area (TPSA) is 105 Å². The van der Waals surface area contributed by atoms with E-state index in [1.54, 1.807) is 48.5 Å². The van der Waals surface area contributed by atoms with Crippen LogP contribution in [0.4, 0.5) is 10.1 Å². The lowest BCUT2D eigenvalue weighted by Gasteiger charge is -2.25. The van der Waals surface area contributed by atoms with E-state index in [0.717, 1.165) is 0 Å². The molecule has 9 nitrogen and oxygen atoms in total. The van der Waals surface area contributed by atoms with Crippen molar-refractivity contribution in [2.24, 2.45) is 5.10 Å². The summed E-state index contributed by atoms with van der Waals surface area (Å²) in [5.74, 6) is -0.628. The lowest BCUT2D eigenvalue weighted by atomic mass is 9.98. The molecule has 10 heteroatoms. The maximum atomic E-state index is 13.4. The number of hydrogen-bond acceptors (Lipinski definition) is 6. The summed E-state index contributed by atoms with van der Waals surface area (Å²) in [6, 6.07) is 17.6. The van der Waals surface area contributed by atoms with Crippen LogP contribution in [0.1, 0.15) is 33.9 Å². The highest BCUT2D eigenvalue weighted by Gasteiger charge is 2.34. The summed E-state index contributed by atoms with van der Waals surface area (Å²) in [6.45, 7) is -0.267. The van der Waals surface area contributed by atoms with E-state index >= 15 is 0 Å². The molecule has 1 heterocycles. The Labute approximate surface area is 206 Å². The molecule has 1 atom stereocenters. The van der Waals surface area contributed by atoms with E-state index < -0.39 is 22.7 Å². The number of nitro groups is 1. The molecule has 0 saturated carbocycles. The van der Waals surface area contributed by atoms with Crippen LogP contribution in [0.5, 0.6) is 5.75 Å². The van der Waals surface area contributed by atoms with E-state index in [1.807, 2.05) is 0 Å². The van der Waals surface area contributed by atoms with E-state index in [4.69, 9.17) is 4.74 Å². The van der Waals surface area contributed by atoms with Gasteiger partial charge in [0.15, 0.2) is 0 Å². The number of nitrogens with zero attached hydrogens (tertiary/aromatic N) is 4. The number of ether oxygens (including phenoxy) is 1. The minimum atomic E-state index is -0.623. The molecule has 0 fully saturated rings. The Morgan fingerprint density at radius 3 is 2.47 bits per heavy atom. The molecule has 3 aromatic rings. The van der Waals surface area contributed by atoms with Crippen molar-refractivity contribution in [1.82, 2.24) is 9.91 Å². The van der Waals surface area contributed by atoms with Gasteiger partial charge in [-0.25, -0.2) is 9.40 Å². The van der Waals surface area contributed by atoms with Crippen molar-refractivity contribution in [2.45, 2.75) is 12.5 Å². The van der Waals surface area contributed by atoms with E-state index in [2.05, 4.69) is 5.10 Å². The van der Waals surface area contributed by atoms with Crippen molar-refractivity contribution in [3.8, 4) is 5.75 Å². The second-order valence-corrected chi connectivity index (χ2v) is 8.25. The van der Waals surface area contributed by atoms with Gasteiger partial charge in [0.05, 0.1) is 23.8 Å². The van der Waals surface area contributed by atoms with Crippen LogP contribution >= 0.6 is 0 Å². The summed E-state index contributed by atoms with van der Waals surface area (Å²) in [5, 5.41) is 17.0. The number of halogens is 1. The van der Waals surface area contributed by atoms with Crippen molar-refractivity contribution in [1.29, 1.82) is 0 Å². The maximum absolute atomic E-state index is 13.4. The van der Waals surface area contributed by atoms with Crippen LogP contribution < -0.4 is 4.74 Å². The lowest BCUT2D eigenvalue weighted by molar-refractivity contribution is -0.385. The van der Waals surface area contributed by atoms with Crippen LogP contribution in [0.2, 0.25) is 0 Å². The number of benzene rings is 3. The van der Waals surface area contributed by atoms with Gasteiger partial charge in [-0.1, -0.05) is 24.3 Å². The van der Waals surface area contributed by atoms with Gasteiger partial charge < -0.3 is 9.64 Å². The summed E-state index contributed by atoms with van der Waals surface area (Å²) in [5.41, 5.74) is 1.97. The number of likely N-dealkylation sites (N-methyl/N-ethyl adjacent to an activating group) is 1. The van der Waals surface area contributed by atoms with Crippen LogP contribution in [0.3, 0.4) is 0 Å². The van der Waals surface area contributed by atoms with Crippen molar-refractivity contribution in [3.63, 3.8) is 0 Å². The first kappa shape index (κ1) is 24.5. The molecule has 0 aliphatic carbocycles. The summed E-state index contributed by atoms with van der Waals surface area (Å²) in [7, 11) is 3.03. The Morgan fingerprint density at radius 2 is 1.83 bits per heavy atom. The van der Waals surface area contributed by atoms with Crippen molar-refractivity contribution in [3.05, 3.63) is 105 Å². The Bertz CT molecular complexity index is 1320. The van der Waals surface area contributed by atoms with E-state index in [9.17, 15) is 24.1 Å². The number of amides is 2. The molecule has 0 saturated heterocycles. The average molecular weight is 490 g/mol. The number of hydrogen-bond donors (Lipinski definition) is 0. The molecule has 0 N–H and O–H groups in total. The van der Waals surface area contributed by atoms with Crippen LogP contribution in [-0.4, -0.2) is 53.1 Å². The molecule has 4 rings (SSSR count). The minimum Gasteiger partial charge on any atom is -0.497 e. The van der Waals surface area contributed by atoms with Crippen LogP contribution in [0, 0.1) is 15.9 Å². The molecule has 2 amide bonds. The second-order valence-electron chi connectivity index (χ2n) is 8.25. The normalized spacial score (nSPS) is 14.8. The maximum Gasteiger partial charge on any atom is 0.269 e. The number of carbonyl (C=O) groups is 2. The lowest BCUT2D eigenvalue weighted by Crippen LogP contribution is -2.39. The van der Waals surface area contributed by atoms with Gasteiger partial charge in [0, 0.05) is 31.2 Å². The minimum absolute atomic E-state index is 0.109. The van der Waals surface area contributed by atoms with Gasteiger partial charge in [-0.3, -0.25) is 19.7 Å². The second kappa shape index (κ2) is 10.3. The number of rotatable bonds is 7. The number of nitro benzene ring substituents is 1. The Morgan fingerprint density at radius 1 is 1.14 bits per heavy atom. The summed E-state index contributed by atoms with van der Waals surface area (Å²) in [6.07, 6.45) is 0.273. The highest BCUT2D eigenvalue weighted by molar-refractivity contribution is 6.03. The Kier molecular flexibility index (Phi) is 7.05. The highest BCUT2D eigenvalue weighted by atomic mass is 19.1. The number of carbonyl (C=O) groups excluding carboxylic acids is 2. The smallest absolute Gasteiger partial charge is 0.269 e. The zero-order valence-electron chi connectivity index (χ0n) is 19.6. The molecule has 1 aliphatic rings. The van der Waals surface area contributed by atoms with Gasteiger partial charge in [-0.05, 0) is 47.5 Å². The quantitative estimate of drug-likeness (QED) is 0.365. The zero-order chi connectivity index (χ0) is 25.8.